The second kappa shape index (κ2) is 4.59. The SMILES string of the molecule is O=C(O)[C@@H]1C[C@H](O)CN1C(=O)C1CC(O)CN1. The van der Waals surface area contributed by atoms with Gasteiger partial charge in [-0.25, -0.2) is 4.79 Å². The number of aliphatic hydroxyl groups excluding tert-OH is 2. The van der Waals surface area contributed by atoms with E-state index >= 15 is 0 Å². The van der Waals surface area contributed by atoms with E-state index < -0.39 is 30.3 Å². The van der Waals surface area contributed by atoms with Crippen molar-refractivity contribution in [2.45, 2.75) is 37.1 Å². The smallest absolute Gasteiger partial charge is 0.326 e. The van der Waals surface area contributed by atoms with Crippen LogP contribution >= 0.6 is 0 Å². The Balaban J connectivity index is 2.05. The lowest BCUT2D eigenvalue weighted by Gasteiger charge is -2.24. The van der Waals surface area contributed by atoms with Gasteiger partial charge >= 0.3 is 5.97 Å². The van der Waals surface area contributed by atoms with E-state index in [-0.39, 0.29) is 25.3 Å². The Morgan fingerprint density at radius 3 is 2.41 bits per heavy atom. The summed E-state index contributed by atoms with van der Waals surface area (Å²) in [7, 11) is 0. The van der Waals surface area contributed by atoms with E-state index in [2.05, 4.69) is 5.32 Å². The molecule has 0 aromatic heterocycles. The Hall–Kier alpha value is -1.18. The van der Waals surface area contributed by atoms with Crippen LogP contribution in [-0.2, 0) is 9.59 Å². The third-order valence-electron chi connectivity index (χ3n) is 3.25. The molecule has 0 aromatic carbocycles. The fourth-order valence-corrected chi connectivity index (χ4v) is 2.40. The summed E-state index contributed by atoms with van der Waals surface area (Å²) >= 11 is 0. The van der Waals surface area contributed by atoms with Crippen LogP contribution in [-0.4, -0.2) is 69.5 Å². The molecule has 0 aliphatic carbocycles. The van der Waals surface area contributed by atoms with Gasteiger partial charge < -0.3 is 25.5 Å². The highest BCUT2D eigenvalue weighted by Gasteiger charge is 2.42. The van der Waals surface area contributed by atoms with Gasteiger partial charge in [-0.05, 0) is 6.42 Å². The van der Waals surface area contributed by atoms with Crippen LogP contribution in [0, 0.1) is 0 Å². The molecule has 2 saturated heterocycles. The fourth-order valence-electron chi connectivity index (χ4n) is 2.40. The Labute approximate surface area is 98.0 Å². The zero-order chi connectivity index (χ0) is 12.6. The van der Waals surface area contributed by atoms with Crippen molar-refractivity contribution in [1.29, 1.82) is 0 Å². The zero-order valence-corrected chi connectivity index (χ0v) is 9.24. The molecule has 2 unspecified atom stereocenters. The van der Waals surface area contributed by atoms with Crippen molar-refractivity contribution >= 4 is 11.9 Å². The number of aliphatic hydroxyl groups is 2. The minimum atomic E-state index is -1.10. The third kappa shape index (κ3) is 2.41. The second-order valence-electron chi connectivity index (χ2n) is 4.58. The minimum absolute atomic E-state index is 0.0457. The highest BCUT2D eigenvalue weighted by Crippen LogP contribution is 2.21. The summed E-state index contributed by atoms with van der Waals surface area (Å²) in [6.07, 6.45) is -1.00. The molecular weight excluding hydrogens is 228 g/mol. The van der Waals surface area contributed by atoms with E-state index in [9.17, 15) is 19.8 Å². The van der Waals surface area contributed by atoms with Crippen LogP contribution in [0.3, 0.4) is 0 Å². The maximum atomic E-state index is 12.0. The van der Waals surface area contributed by atoms with Crippen LogP contribution in [0.15, 0.2) is 0 Å². The highest BCUT2D eigenvalue weighted by molar-refractivity contribution is 5.88. The van der Waals surface area contributed by atoms with Gasteiger partial charge in [-0.3, -0.25) is 4.79 Å². The predicted molar refractivity (Wildman–Crippen MR) is 56.2 cm³/mol. The summed E-state index contributed by atoms with van der Waals surface area (Å²) in [5, 5.41) is 30.6. The molecule has 2 fully saturated rings. The van der Waals surface area contributed by atoms with Gasteiger partial charge in [0.05, 0.1) is 18.2 Å². The number of hydrogen-bond acceptors (Lipinski definition) is 5. The largest absolute Gasteiger partial charge is 0.480 e. The zero-order valence-electron chi connectivity index (χ0n) is 9.24. The number of amides is 1. The summed E-state index contributed by atoms with van der Waals surface area (Å²) in [6, 6.07) is -1.51. The van der Waals surface area contributed by atoms with Crippen molar-refractivity contribution < 1.29 is 24.9 Å². The topological polar surface area (TPSA) is 110 Å². The molecule has 4 N–H and O–H groups in total. The molecule has 0 radical (unpaired) electrons. The first-order valence-electron chi connectivity index (χ1n) is 5.62. The quantitative estimate of drug-likeness (QED) is 0.437. The summed E-state index contributed by atoms with van der Waals surface area (Å²) in [5.74, 6) is -1.46. The van der Waals surface area contributed by atoms with Gasteiger partial charge in [-0.2, -0.15) is 0 Å². The molecule has 4 atom stereocenters. The van der Waals surface area contributed by atoms with E-state index in [0.29, 0.717) is 6.54 Å². The number of carboxylic acids is 1. The average molecular weight is 244 g/mol. The fraction of sp³-hybridized carbons (Fsp3) is 0.800. The van der Waals surface area contributed by atoms with Crippen LogP contribution < -0.4 is 5.32 Å². The molecular formula is C10H16N2O5. The standard InChI is InChI=1S/C10H16N2O5/c13-5-1-7(11-3-5)9(15)12-4-6(14)2-8(12)10(16)17/h5-8,11,13-14H,1-4H2,(H,16,17)/t5?,6-,7?,8-/m0/s1. The predicted octanol–water partition coefficient (Wildman–Crippen LogP) is -2.24. The molecule has 17 heavy (non-hydrogen) atoms. The number of nitrogens with zero attached hydrogens (tertiary/aromatic N) is 1. The third-order valence-corrected chi connectivity index (χ3v) is 3.25. The molecule has 2 aliphatic rings. The molecule has 7 nitrogen and oxygen atoms in total. The summed E-state index contributed by atoms with van der Waals surface area (Å²) in [5.41, 5.74) is 0. The van der Waals surface area contributed by atoms with E-state index in [1.807, 2.05) is 0 Å². The second-order valence-corrected chi connectivity index (χ2v) is 4.58. The number of nitrogens with one attached hydrogen (secondary N) is 1. The molecule has 0 bridgehead atoms. The minimum Gasteiger partial charge on any atom is -0.480 e. The van der Waals surface area contributed by atoms with Gasteiger partial charge in [-0.15, -0.1) is 0 Å². The maximum absolute atomic E-state index is 12.0. The molecule has 0 aromatic rings. The van der Waals surface area contributed by atoms with Crippen LogP contribution in [0.1, 0.15) is 12.8 Å². The van der Waals surface area contributed by atoms with E-state index in [4.69, 9.17) is 5.11 Å². The first kappa shape index (κ1) is 12.3. The number of β-amino-alcohol motifs (C(OH)–C–C–N with tert-alkyl or cyclic N) is 2. The van der Waals surface area contributed by atoms with Crippen molar-refractivity contribution in [1.82, 2.24) is 10.2 Å². The highest BCUT2D eigenvalue weighted by atomic mass is 16.4. The van der Waals surface area contributed by atoms with Gasteiger partial charge in [0, 0.05) is 19.5 Å². The number of carbonyl (C=O) groups is 2. The number of rotatable bonds is 2. The lowest BCUT2D eigenvalue weighted by molar-refractivity contribution is -0.148. The Morgan fingerprint density at radius 1 is 1.18 bits per heavy atom. The summed E-state index contributed by atoms with van der Waals surface area (Å²) in [6.45, 7) is 0.384. The van der Waals surface area contributed by atoms with Crippen molar-refractivity contribution in [3.63, 3.8) is 0 Å². The molecule has 96 valence electrons. The molecule has 2 rings (SSSR count). The molecule has 0 spiro atoms. The van der Waals surface area contributed by atoms with E-state index in [0.717, 1.165) is 0 Å². The lowest BCUT2D eigenvalue weighted by atomic mass is 10.1. The number of carbonyl (C=O) groups excluding carboxylic acids is 1. The van der Waals surface area contributed by atoms with E-state index in [1.165, 1.54) is 4.90 Å². The van der Waals surface area contributed by atoms with Crippen LogP contribution in [0.5, 0.6) is 0 Å². The molecule has 0 saturated carbocycles. The molecule has 7 heteroatoms. The first-order valence-corrected chi connectivity index (χ1v) is 5.62. The normalized spacial score (nSPS) is 37.4. The van der Waals surface area contributed by atoms with Crippen molar-refractivity contribution in [2.24, 2.45) is 0 Å². The van der Waals surface area contributed by atoms with Gasteiger partial charge in [0.1, 0.15) is 6.04 Å². The maximum Gasteiger partial charge on any atom is 0.326 e. The van der Waals surface area contributed by atoms with Crippen molar-refractivity contribution in [3.8, 4) is 0 Å². The van der Waals surface area contributed by atoms with Crippen LogP contribution in [0.25, 0.3) is 0 Å². The number of hydrogen-bond donors (Lipinski definition) is 4. The monoisotopic (exact) mass is 244 g/mol. The molecule has 2 aliphatic heterocycles. The van der Waals surface area contributed by atoms with Gasteiger partial charge in [0.15, 0.2) is 0 Å². The van der Waals surface area contributed by atoms with E-state index in [1.54, 1.807) is 0 Å². The van der Waals surface area contributed by atoms with Gasteiger partial charge in [0.2, 0.25) is 5.91 Å². The Morgan fingerprint density at radius 2 is 1.88 bits per heavy atom. The van der Waals surface area contributed by atoms with Crippen LogP contribution in [0.4, 0.5) is 0 Å². The Kier molecular flexibility index (Phi) is 3.32. The number of likely N-dealkylation sites (tertiary alicyclic amines) is 1. The van der Waals surface area contributed by atoms with Crippen LogP contribution in [0.2, 0.25) is 0 Å². The summed E-state index contributed by atoms with van der Waals surface area (Å²) < 4.78 is 0. The van der Waals surface area contributed by atoms with Gasteiger partial charge in [0.25, 0.3) is 0 Å². The Bertz CT molecular complexity index is 335. The lowest BCUT2D eigenvalue weighted by Crippen LogP contribution is -2.48. The van der Waals surface area contributed by atoms with Crippen molar-refractivity contribution in [2.75, 3.05) is 13.1 Å². The molecule has 2 heterocycles. The average Bonchev–Trinajstić information content (AvgIpc) is 2.83. The first-order chi connectivity index (χ1) is 7.99. The summed E-state index contributed by atoms with van der Waals surface area (Å²) in [4.78, 5) is 24.2. The number of aliphatic carboxylic acids is 1. The number of carboxylic acid groups (broad SMARTS) is 1. The molecule has 1 amide bonds. The van der Waals surface area contributed by atoms with Gasteiger partial charge in [-0.1, -0.05) is 0 Å². The van der Waals surface area contributed by atoms with Crippen molar-refractivity contribution in [3.05, 3.63) is 0 Å².